The molecule has 0 aromatic carbocycles. The number of hydrogen-bond donors (Lipinski definition) is 4. The second kappa shape index (κ2) is 8.38. The zero-order valence-corrected chi connectivity index (χ0v) is 14.9. The monoisotopic (exact) mass is 378 g/mol. The molecule has 0 radical (unpaired) electrons. The molecule has 0 aliphatic carbocycles. The highest BCUT2D eigenvalue weighted by Gasteiger charge is 2.16. The first-order chi connectivity index (χ1) is 13.8. The predicted octanol–water partition coefficient (Wildman–Crippen LogP) is 0.672. The van der Waals surface area contributed by atoms with Gasteiger partial charge in [0.2, 0.25) is 0 Å². The standard InChI is InChI=1S/C17H18N10O/c18-6-11-7-24-15(10-22-11)25-14-5-13(23-9-12-8-19-3-4-28-12)16(27-26-14)17-20-1-2-21-17/h1-2,5,7,10,12,19H,3-4,8-9H2,(H,20,21)(H2,23,24,25,26)/t12-/m1/s1. The molecule has 4 N–H and O–H groups in total. The number of H-pyrrole nitrogens is 1. The fraction of sp³-hybridized carbons (Fsp3) is 0.294. The molecule has 4 rings (SSSR count). The average Bonchev–Trinajstić information content (AvgIpc) is 3.28. The summed E-state index contributed by atoms with van der Waals surface area (Å²) < 4.78 is 5.73. The summed E-state index contributed by atoms with van der Waals surface area (Å²) in [4.78, 5) is 15.4. The molecule has 3 aromatic rings. The third-order valence-electron chi connectivity index (χ3n) is 4.06. The van der Waals surface area contributed by atoms with E-state index in [1.54, 1.807) is 12.4 Å². The highest BCUT2D eigenvalue weighted by Crippen LogP contribution is 2.25. The molecule has 0 amide bonds. The van der Waals surface area contributed by atoms with Crippen LogP contribution >= 0.6 is 0 Å². The summed E-state index contributed by atoms with van der Waals surface area (Å²) in [6, 6.07) is 3.75. The Kier molecular flexibility index (Phi) is 5.32. The zero-order chi connectivity index (χ0) is 19.2. The number of ether oxygens (including phenoxy) is 1. The molecule has 1 fully saturated rings. The molecule has 11 heteroatoms. The first-order valence-corrected chi connectivity index (χ1v) is 8.74. The van der Waals surface area contributed by atoms with Gasteiger partial charge in [0.25, 0.3) is 0 Å². The van der Waals surface area contributed by atoms with Gasteiger partial charge >= 0.3 is 0 Å². The average molecular weight is 378 g/mol. The highest BCUT2D eigenvalue weighted by atomic mass is 16.5. The van der Waals surface area contributed by atoms with Gasteiger partial charge in [-0.05, 0) is 0 Å². The zero-order valence-electron chi connectivity index (χ0n) is 14.9. The second-order valence-corrected chi connectivity index (χ2v) is 6.03. The fourth-order valence-corrected chi connectivity index (χ4v) is 2.71. The Hall–Kier alpha value is -3.62. The second-order valence-electron chi connectivity index (χ2n) is 6.03. The molecule has 0 saturated carbocycles. The van der Waals surface area contributed by atoms with Crippen LogP contribution in [-0.2, 0) is 4.74 Å². The molecular weight excluding hydrogens is 360 g/mol. The van der Waals surface area contributed by atoms with Gasteiger partial charge in [0.05, 0.1) is 30.8 Å². The van der Waals surface area contributed by atoms with Crippen molar-refractivity contribution in [3.8, 4) is 17.6 Å². The maximum Gasteiger partial charge on any atom is 0.160 e. The van der Waals surface area contributed by atoms with Crippen molar-refractivity contribution < 1.29 is 4.74 Å². The topological polar surface area (TPSA) is 149 Å². The van der Waals surface area contributed by atoms with Crippen molar-refractivity contribution in [3.05, 3.63) is 36.5 Å². The molecular formula is C17H18N10O. The van der Waals surface area contributed by atoms with Crippen LogP contribution in [-0.4, -0.2) is 62.5 Å². The number of aromatic nitrogens is 6. The molecule has 0 unspecified atom stereocenters. The van der Waals surface area contributed by atoms with E-state index in [0.717, 1.165) is 18.8 Å². The van der Waals surface area contributed by atoms with Gasteiger partial charge in [0.1, 0.15) is 11.9 Å². The van der Waals surface area contributed by atoms with E-state index in [0.29, 0.717) is 36.3 Å². The van der Waals surface area contributed by atoms with Crippen LogP contribution in [0.25, 0.3) is 11.5 Å². The van der Waals surface area contributed by atoms with Gasteiger partial charge in [-0.1, -0.05) is 0 Å². The summed E-state index contributed by atoms with van der Waals surface area (Å²) in [5.41, 5.74) is 1.60. The van der Waals surface area contributed by atoms with Gasteiger partial charge in [-0.15, -0.1) is 10.2 Å². The number of rotatable bonds is 6. The van der Waals surface area contributed by atoms with Gasteiger partial charge in [-0.25, -0.2) is 15.0 Å². The first kappa shape index (κ1) is 17.8. The van der Waals surface area contributed by atoms with Crippen LogP contribution in [0.5, 0.6) is 0 Å². The summed E-state index contributed by atoms with van der Waals surface area (Å²) in [6.07, 6.45) is 6.31. The van der Waals surface area contributed by atoms with Crippen molar-refractivity contribution >= 4 is 17.3 Å². The van der Waals surface area contributed by atoms with Crippen LogP contribution in [0, 0.1) is 11.3 Å². The number of nitriles is 1. The summed E-state index contributed by atoms with van der Waals surface area (Å²) >= 11 is 0. The Labute approximate surface area is 160 Å². The van der Waals surface area contributed by atoms with Gasteiger partial charge in [-0.2, -0.15) is 5.26 Å². The molecule has 3 aromatic heterocycles. The van der Waals surface area contributed by atoms with Crippen LogP contribution in [0.3, 0.4) is 0 Å². The molecule has 4 heterocycles. The van der Waals surface area contributed by atoms with Crippen molar-refractivity contribution in [2.45, 2.75) is 6.10 Å². The Morgan fingerprint density at radius 2 is 2.18 bits per heavy atom. The van der Waals surface area contributed by atoms with Crippen LogP contribution in [0.15, 0.2) is 30.9 Å². The van der Waals surface area contributed by atoms with Crippen molar-refractivity contribution in [3.63, 3.8) is 0 Å². The van der Waals surface area contributed by atoms with Crippen molar-refractivity contribution in [2.75, 3.05) is 36.9 Å². The number of morpholine rings is 1. The largest absolute Gasteiger partial charge is 0.380 e. The highest BCUT2D eigenvalue weighted by molar-refractivity contribution is 5.72. The number of hydrogen-bond acceptors (Lipinski definition) is 10. The fourth-order valence-electron chi connectivity index (χ4n) is 2.71. The van der Waals surface area contributed by atoms with Crippen LogP contribution in [0.4, 0.5) is 17.3 Å². The van der Waals surface area contributed by atoms with E-state index in [9.17, 15) is 0 Å². The lowest BCUT2D eigenvalue weighted by Crippen LogP contribution is -2.42. The molecule has 11 nitrogen and oxygen atoms in total. The molecule has 142 valence electrons. The number of nitrogens with one attached hydrogen (secondary N) is 4. The predicted molar refractivity (Wildman–Crippen MR) is 101 cm³/mol. The van der Waals surface area contributed by atoms with Gasteiger partial charge in [-0.3, -0.25) is 0 Å². The smallest absolute Gasteiger partial charge is 0.160 e. The third kappa shape index (κ3) is 4.20. The number of nitrogens with zero attached hydrogens (tertiary/aromatic N) is 6. The van der Waals surface area contributed by atoms with Crippen molar-refractivity contribution in [1.82, 2.24) is 35.5 Å². The minimum atomic E-state index is 0.0622. The van der Waals surface area contributed by atoms with Gasteiger partial charge < -0.3 is 25.7 Å². The van der Waals surface area contributed by atoms with Crippen molar-refractivity contribution in [2.24, 2.45) is 0 Å². The normalized spacial score (nSPS) is 16.3. The van der Waals surface area contributed by atoms with E-state index in [4.69, 9.17) is 10.00 Å². The quantitative estimate of drug-likeness (QED) is 0.482. The van der Waals surface area contributed by atoms with Crippen LogP contribution in [0.2, 0.25) is 0 Å². The van der Waals surface area contributed by atoms with E-state index < -0.39 is 0 Å². The van der Waals surface area contributed by atoms with E-state index in [1.165, 1.54) is 12.4 Å². The van der Waals surface area contributed by atoms with E-state index >= 15 is 0 Å². The van der Waals surface area contributed by atoms with E-state index in [2.05, 4.69) is 46.1 Å². The molecule has 1 saturated heterocycles. The van der Waals surface area contributed by atoms with Crippen LogP contribution in [0.1, 0.15) is 5.69 Å². The Balaban J connectivity index is 1.55. The number of aromatic amines is 1. The van der Waals surface area contributed by atoms with Crippen molar-refractivity contribution in [1.29, 1.82) is 5.26 Å². The molecule has 28 heavy (non-hydrogen) atoms. The summed E-state index contributed by atoms with van der Waals surface area (Å²) in [6.45, 7) is 2.96. The van der Waals surface area contributed by atoms with E-state index in [-0.39, 0.29) is 11.8 Å². The van der Waals surface area contributed by atoms with Gasteiger partial charge in [0, 0.05) is 38.1 Å². The lowest BCUT2D eigenvalue weighted by atomic mass is 10.2. The minimum absolute atomic E-state index is 0.0622. The minimum Gasteiger partial charge on any atom is -0.380 e. The third-order valence-corrected chi connectivity index (χ3v) is 4.06. The van der Waals surface area contributed by atoms with E-state index in [1.807, 2.05) is 12.1 Å². The lowest BCUT2D eigenvalue weighted by Gasteiger charge is -2.24. The van der Waals surface area contributed by atoms with Gasteiger partial charge in [0.15, 0.2) is 23.0 Å². The summed E-state index contributed by atoms with van der Waals surface area (Å²) in [5.74, 6) is 1.56. The molecule has 1 aliphatic heterocycles. The maximum absolute atomic E-state index is 8.82. The SMILES string of the molecule is N#Cc1cnc(Nc2cc(NC[C@H]3CNCCO3)c(-c3ncc[nH]3)nn2)cn1. The van der Waals surface area contributed by atoms with Crippen LogP contribution < -0.4 is 16.0 Å². The lowest BCUT2D eigenvalue weighted by molar-refractivity contribution is 0.0372. The Morgan fingerprint density at radius 1 is 1.21 bits per heavy atom. The first-order valence-electron chi connectivity index (χ1n) is 8.74. The maximum atomic E-state index is 8.82. The molecule has 1 aliphatic rings. The molecule has 0 spiro atoms. The Morgan fingerprint density at radius 3 is 2.89 bits per heavy atom. The number of anilines is 3. The summed E-state index contributed by atoms with van der Waals surface area (Å²) in [7, 11) is 0. The molecule has 1 atom stereocenters. The Bertz CT molecular complexity index is 945. The summed E-state index contributed by atoms with van der Waals surface area (Å²) in [5, 5.41) is 27.0. The number of imidazole rings is 1. The molecule has 0 bridgehead atoms.